The van der Waals surface area contributed by atoms with E-state index in [2.05, 4.69) is 5.32 Å². The Balaban J connectivity index is 2.65. The van der Waals surface area contributed by atoms with Crippen LogP contribution in [0.25, 0.3) is 0 Å². The summed E-state index contributed by atoms with van der Waals surface area (Å²) in [6.07, 6.45) is -0.0947. The Labute approximate surface area is 144 Å². The highest BCUT2D eigenvalue weighted by molar-refractivity contribution is 6.14. The highest BCUT2D eigenvalue weighted by Crippen LogP contribution is 2.55. The van der Waals surface area contributed by atoms with Gasteiger partial charge in [-0.3, -0.25) is 29.3 Å². The van der Waals surface area contributed by atoms with Crippen molar-refractivity contribution < 1.29 is 33.4 Å². The van der Waals surface area contributed by atoms with Crippen molar-refractivity contribution in [3.8, 4) is 0 Å². The van der Waals surface area contributed by atoms with E-state index in [4.69, 9.17) is 15.2 Å². The summed E-state index contributed by atoms with van der Waals surface area (Å²) in [4.78, 5) is 62.2. The maximum absolute atomic E-state index is 12.7. The predicted molar refractivity (Wildman–Crippen MR) is 82.4 cm³/mol. The lowest BCUT2D eigenvalue weighted by atomic mass is 9.51. The monoisotopic (exact) mass is 354 g/mol. The first-order valence-electron chi connectivity index (χ1n) is 8.26. The van der Waals surface area contributed by atoms with Crippen molar-refractivity contribution in [2.24, 2.45) is 22.5 Å². The molecule has 9 nitrogen and oxygen atoms in total. The van der Waals surface area contributed by atoms with Gasteiger partial charge in [0.2, 0.25) is 17.7 Å². The number of nitrogens with two attached hydrogens (primary N) is 1. The molecule has 3 amide bonds. The second-order valence-corrected chi connectivity index (χ2v) is 6.24. The van der Waals surface area contributed by atoms with Crippen molar-refractivity contribution in [3.63, 3.8) is 0 Å². The first-order chi connectivity index (χ1) is 11.8. The van der Waals surface area contributed by atoms with Crippen LogP contribution in [0.5, 0.6) is 0 Å². The summed E-state index contributed by atoms with van der Waals surface area (Å²) in [6, 6.07) is 0. The molecular formula is C16H22N2O7. The van der Waals surface area contributed by atoms with Gasteiger partial charge in [-0.05, 0) is 26.7 Å². The number of primary amides is 1. The van der Waals surface area contributed by atoms with E-state index in [1.165, 1.54) is 0 Å². The van der Waals surface area contributed by atoms with Gasteiger partial charge in [-0.1, -0.05) is 6.42 Å². The van der Waals surface area contributed by atoms with E-state index in [9.17, 15) is 24.0 Å². The van der Waals surface area contributed by atoms with Gasteiger partial charge in [0.25, 0.3) is 0 Å². The fourth-order valence-electron chi connectivity index (χ4n) is 4.01. The number of piperidine rings is 1. The lowest BCUT2D eigenvalue weighted by molar-refractivity contribution is -0.188. The van der Waals surface area contributed by atoms with Crippen LogP contribution in [0.1, 0.15) is 39.5 Å². The van der Waals surface area contributed by atoms with E-state index in [0.29, 0.717) is 0 Å². The molecule has 1 aliphatic carbocycles. The Morgan fingerprint density at radius 3 is 2.28 bits per heavy atom. The van der Waals surface area contributed by atoms with Crippen LogP contribution in [0.2, 0.25) is 0 Å². The molecule has 25 heavy (non-hydrogen) atoms. The van der Waals surface area contributed by atoms with Crippen molar-refractivity contribution in [2.75, 3.05) is 13.2 Å². The molecule has 2 rings (SSSR count). The van der Waals surface area contributed by atoms with E-state index in [0.717, 1.165) is 0 Å². The van der Waals surface area contributed by atoms with E-state index < -0.39 is 46.4 Å². The number of esters is 2. The third kappa shape index (κ3) is 2.67. The molecule has 1 saturated heterocycles. The molecule has 2 aliphatic rings. The SMILES string of the molecule is CCOC(=O)[C@@]12CCC[C@@](C(N)=O)(C(=O)OCC)[C@@H]1CC(=O)NC2=O. The topological polar surface area (TPSA) is 142 Å². The number of ether oxygens (including phenoxy) is 2. The van der Waals surface area contributed by atoms with Gasteiger partial charge < -0.3 is 15.2 Å². The lowest BCUT2D eigenvalue weighted by Crippen LogP contribution is -2.68. The minimum atomic E-state index is -1.92. The van der Waals surface area contributed by atoms with Crippen molar-refractivity contribution in [3.05, 3.63) is 0 Å². The molecule has 1 aliphatic heterocycles. The van der Waals surface area contributed by atoms with Crippen molar-refractivity contribution >= 4 is 29.7 Å². The fourth-order valence-corrected chi connectivity index (χ4v) is 4.01. The number of hydrogen-bond donors (Lipinski definition) is 2. The number of fused-ring (bicyclic) bond motifs is 1. The van der Waals surface area contributed by atoms with Crippen LogP contribution < -0.4 is 11.1 Å². The van der Waals surface area contributed by atoms with Crippen molar-refractivity contribution in [1.29, 1.82) is 0 Å². The minimum Gasteiger partial charge on any atom is -0.465 e. The lowest BCUT2D eigenvalue weighted by Gasteiger charge is -2.50. The fraction of sp³-hybridized carbons (Fsp3) is 0.688. The van der Waals surface area contributed by atoms with Crippen molar-refractivity contribution in [1.82, 2.24) is 5.32 Å². The number of imide groups is 1. The second-order valence-electron chi connectivity index (χ2n) is 6.24. The number of carbonyl (C=O) groups excluding carboxylic acids is 5. The largest absolute Gasteiger partial charge is 0.465 e. The third-order valence-corrected chi connectivity index (χ3v) is 5.10. The minimum absolute atomic E-state index is 0.00681. The molecular weight excluding hydrogens is 332 g/mol. The summed E-state index contributed by atoms with van der Waals surface area (Å²) in [5, 5.41) is 2.12. The Kier molecular flexibility index (Phi) is 5.15. The zero-order valence-corrected chi connectivity index (χ0v) is 14.3. The van der Waals surface area contributed by atoms with Gasteiger partial charge in [-0.25, -0.2) is 0 Å². The van der Waals surface area contributed by atoms with E-state index in [1.807, 2.05) is 0 Å². The summed E-state index contributed by atoms with van der Waals surface area (Å²) in [5.41, 5.74) is 1.79. The normalized spacial score (nSPS) is 31.5. The number of carbonyl (C=O) groups is 5. The highest BCUT2D eigenvalue weighted by atomic mass is 16.5. The predicted octanol–water partition coefficient (Wildman–Crippen LogP) is -0.583. The Bertz CT molecular complexity index is 606. The van der Waals surface area contributed by atoms with Gasteiger partial charge >= 0.3 is 11.9 Å². The molecule has 0 radical (unpaired) electrons. The maximum Gasteiger partial charge on any atom is 0.322 e. The molecule has 9 heteroatoms. The molecule has 0 aromatic rings. The average Bonchev–Trinajstić information content (AvgIpc) is 2.54. The standard InChI is InChI=1S/C16H22N2O7/c1-3-24-13(22)15(11(17)20)6-5-7-16(14(23)25-4-2)9(15)8-10(19)18-12(16)21/h9H,3-8H2,1-2H3,(H2,17,20)(H,18,19,21)/t9-,15+,16-/m0/s1. The molecule has 0 aromatic heterocycles. The summed E-state index contributed by atoms with van der Waals surface area (Å²) in [6.45, 7) is 3.14. The van der Waals surface area contributed by atoms with E-state index in [-0.39, 0.29) is 38.9 Å². The van der Waals surface area contributed by atoms with Gasteiger partial charge in [-0.15, -0.1) is 0 Å². The van der Waals surface area contributed by atoms with Crippen LogP contribution in [0.15, 0.2) is 0 Å². The molecule has 0 aromatic carbocycles. The van der Waals surface area contributed by atoms with Crippen LogP contribution in [-0.4, -0.2) is 42.9 Å². The zero-order valence-electron chi connectivity index (χ0n) is 14.3. The van der Waals surface area contributed by atoms with E-state index in [1.54, 1.807) is 13.8 Å². The summed E-state index contributed by atoms with van der Waals surface area (Å²) >= 11 is 0. The Morgan fingerprint density at radius 1 is 1.12 bits per heavy atom. The molecule has 0 spiro atoms. The molecule has 3 atom stereocenters. The van der Waals surface area contributed by atoms with Crippen molar-refractivity contribution in [2.45, 2.75) is 39.5 Å². The molecule has 0 unspecified atom stereocenters. The first kappa shape index (κ1) is 18.9. The quantitative estimate of drug-likeness (QED) is 0.382. The summed E-state index contributed by atoms with van der Waals surface area (Å²) < 4.78 is 10.1. The number of amides is 3. The van der Waals surface area contributed by atoms with Crippen LogP contribution in [-0.2, 0) is 33.4 Å². The molecule has 3 N–H and O–H groups in total. The van der Waals surface area contributed by atoms with Crippen LogP contribution in [0.4, 0.5) is 0 Å². The zero-order chi connectivity index (χ0) is 18.8. The Morgan fingerprint density at radius 2 is 1.72 bits per heavy atom. The summed E-state index contributed by atoms with van der Waals surface area (Å²) in [5.74, 6) is -5.55. The number of rotatable bonds is 5. The van der Waals surface area contributed by atoms with E-state index >= 15 is 0 Å². The number of hydrogen-bond acceptors (Lipinski definition) is 7. The van der Waals surface area contributed by atoms with Crippen LogP contribution >= 0.6 is 0 Å². The van der Waals surface area contributed by atoms with Gasteiger partial charge in [0.1, 0.15) is 0 Å². The smallest absolute Gasteiger partial charge is 0.322 e. The van der Waals surface area contributed by atoms with Crippen LogP contribution in [0.3, 0.4) is 0 Å². The van der Waals surface area contributed by atoms with Gasteiger partial charge in [0, 0.05) is 12.3 Å². The van der Waals surface area contributed by atoms with Gasteiger partial charge in [-0.2, -0.15) is 0 Å². The molecule has 1 saturated carbocycles. The Hall–Kier alpha value is -2.45. The van der Waals surface area contributed by atoms with Crippen LogP contribution in [0, 0.1) is 16.7 Å². The maximum atomic E-state index is 12.7. The molecule has 1 heterocycles. The molecule has 2 fully saturated rings. The first-order valence-corrected chi connectivity index (χ1v) is 8.26. The third-order valence-electron chi connectivity index (χ3n) is 5.10. The number of nitrogens with one attached hydrogen (secondary N) is 1. The average molecular weight is 354 g/mol. The van der Waals surface area contributed by atoms with Gasteiger partial charge in [0.15, 0.2) is 10.8 Å². The second kappa shape index (κ2) is 6.81. The molecule has 0 bridgehead atoms. The highest BCUT2D eigenvalue weighted by Gasteiger charge is 2.69. The molecule has 138 valence electrons. The van der Waals surface area contributed by atoms with Gasteiger partial charge in [0.05, 0.1) is 13.2 Å². The summed E-state index contributed by atoms with van der Waals surface area (Å²) in [7, 11) is 0.